The number of piperidine rings is 1. The van der Waals surface area contributed by atoms with Gasteiger partial charge in [0.2, 0.25) is 0 Å². The van der Waals surface area contributed by atoms with Crippen LogP contribution in [0.25, 0.3) is 21.8 Å². The summed E-state index contributed by atoms with van der Waals surface area (Å²) in [5.41, 5.74) is 5.01. The number of pyridine rings is 1. The van der Waals surface area contributed by atoms with Crippen molar-refractivity contribution in [2.75, 3.05) is 13.1 Å². The van der Waals surface area contributed by atoms with E-state index in [1.54, 1.807) is 6.20 Å². The highest BCUT2D eigenvalue weighted by Gasteiger charge is 2.25. The number of likely N-dealkylation sites (tertiary alicyclic amines) is 1. The maximum atomic E-state index is 13.0. The summed E-state index contributed by atoms with van der Waals surface area (Å²) in [7, 11) is 0. The van der Waals surface area contributed by atoms with Crippen LogP contribution in [0, 0.1) is 12.8 Å². The molecule has 0 atom stereocenters. The molecule has 1 aliphatic heterocycles. The van der Waals surface area contributed by atoms with Gasteiger partial charge in [0.1, 0.15) is 0 Å². The van der Waals surface area contributed by atoms with E-state index in [0.717, 1.165) is 60.0 Å². The lowest BCUT2D eigenvalue weighted by molar-refractivity contribution is 0.0692. The molecule has 2 aromatic carbocycles. The molecular weight excluding hydrogens is 360 g/mol. The van der Waals surface area contributed by atoms with Crippen LogP contribution in [0.5, 0.6) is 0 Å². The number of H-pyrrole nitrogens is 1. The zero-order chi connectivity index (χ0) is 19.8. The molecule has 5 rings (SSSR count). The molecule has 1 N–H and O–H groups in total. The number of benzene rings is 2. The minimum atomic E-state index is 0.102. The molecule has 5 nitrogen and oxygen atoms in total. The quantitative estimate of drug-likeness (QED) is 0.565. The number of aryl methyl sites for hydroxylation is 1. The maximum Gasteiger partial charge on any atom is 0.256 e. The Hall–Kier alpha value is -3.21. The average Bonchev–Trinajstić information content (AvgIpc) is 3.23. The third-order valence-electron chi connectivity index (χ3n) is 6.03. The smallest absolute Gasteiger partial charge is 0.256 e. The van der Waals surface area contributed by atoms with Crippen molar-refractivity contribution in [2.24, 2.45) is 5.92 Å². The Morgan fingerprint density at radius 2 is 1.97 bits per heavy atom. The standard InChI is InChI=1S/C24H24N4O/c1-16-5-7-19-14-18(6-8-22(19)26-16)13-17-9-11-28(12-10-17)24(29)21-4-2-3-20-15-25-27-23(20)21/h2-8,14-15,17H,9-13H2,1H3,(H,25,27). The Bertz CT molecular complexity index is 1190. The fraction of sp³-hybridized carbons (Fsp3) is 0.292. The molecule has 0 bridgehead atoms. The minimum Gasteiger partial charge on any atom is -0.339 e. The van der Waals surface area contributed by atoms with Crippen molar-refractivity contribution in [3.05, 3.63) is 71.5 Å². The highest BCUT2D eigenvalue weighted by atomic mass is 16.2. The molecule has 146 valence electrons. The molecular formula is C24H24N4O. The summed E-state index contributed by atoms with van der Waals surface area (Å²) in [4.78, 5) is 19.6. The highest BCUT2D eigenvalue weighted by molar-refractivity contribution is 6.05. The number of nitrogens with one attached hydrogen (secondary N) is 1. The lowest BCUT2D eigenvalue weighted by atomic mass is 9.89. The molecule has 4 aromatic rings. The SMILES string of the molecule is Cc1ccc2cc(CC3CCN(C(=O)c4cccc5cn[nH]c45)CC3)ccc2n1. The predicted octanol–water partition coefficient (Wildman–Crippen LogP) is 4.51. The topological polar surface area (TPSA) is 61.9 Å². The molecule has 29 heavy (non-hydrogen) atoms. The van der Waals surface area contributed by atoms with E-state index < -0.39 is 0 Å². The third-order valence-corrected chi connectivity index (χ3v) is 6.03. The van der Waals surface area contributed by atoms with Crippen molar-refractivity contribution in [3.63, 3.8) is 0 Å². The molecule has 1 amide bonds. The molecule has 1 aliphatic rings. The molecule has 2 aromatic heterocycles. The van der Waals surface area contributed by atoms with Gasteiger partial charge in [-0.05, 0) is 61.9 Å². The number of carbonyl (C=O) groups is 1. The zero-order valence-corrected chi connectivity index (χ0v) is 16.6. The predicted molar refractivity (Wildman–Crippen MR) is 115 cm³/mol. The summed E-state index contributed by atoms with van der Waals surface area (Å²) < 4.78 is 0. The monoisotopic (exact) mass is 384 g/mol. The first-order chi connectivity index (χ1) is 14.2. The van der Waals surface area contributed by atoms with Crippen molar-refractivity contribution in [2.45, 2.75) is 26.2 Å². The number of fused-ring (bicyclic) bond motifs is 2. The molecule has 0 aliphatic carbocycles. The van der Waals surface area contributed by atoms with E-state index in [1.165, 1.54) is 10.9 Å². The first-order valence-electron chi connectivity index (χ1n) is 10.2. The Balaban J connectivity index is 1.25. The van der Waals surface area contributed by atoms with Crippen LogP contribution in [0.2, 0.25) is 0 Å². The van der Waals surface area contributed by atoms with Gasteiger partial charge in [-0.1, -0.05) is 24.3 Å². The van der Waals surface area contributed by atoms with Crippen molar-refractivity contribution in [1.82, 2.24) is 20.1 Å². The number of para-hydroxylation sites is 1. The van der Waals surface area contributed by atoms with Crippen molar-refractivity contribution in [1.29, 1.82) is 0 Å². The number of amides is 1. The van der Waals surface area contributed by atoms with Gasteiger partial charge < -0.3 is 4.90 Å². The molecule has 0 unspecified atom stereocenters. The van der Waals surface area contributed by atoms with E-state index in [9.17, 15) is 4.79 Å². The Labute approximate surface area is 169 Å². The van der Waals surface area contributed by atoms with Crippen LogP contribution in [0.1, 0.15) is 34.5 Å². The third kappa shape index (κ3) is 3.48. The van der Waals surface area contributed by atoms with E-state index in [4.69, 9.17) is 0 Å². The van der Waals surface area contributed by atoms with Crippen LogP contribution < -0.4 is 0 Å². The minimum absolute atomic E-state index is 0.102. The maximum absolute atomic E-state index is 13.0. The van der Waals surface area contributed by atoms with Gasteiger partial charge in [0.15, 0.2) is 0 Å². The normalized spacial score (nSPS) is 15.3. The van der Waals surface area contributed by atoms with Crippen LogP contribution in [0.15, 0.2) is 54.7 Å². The number of nitrogens with zero attached hydrogens (tertiary/aromatic N) is 3. The summed E-state index contributed by atoms with van der Waals surface area (Å²) in [6, 6.07) is 16.6. The second-order valence-electron chi connectivity index (χ2n) is 8.06. The number of carbonyl (C=O) groups excluding carboxylic acids is 1. The molecule has 1 fully saturated rings. The van der Waals surface area contributed by atoms with Crippen molar-refractivity contribution in [3.8, 4) is 0 Å². The molecule has 0 radical (unpaired) electrons. The van der Waals surface area contributed by atoms with Gasteiger partial charge in [0, 0.05) is 29.6 Å². The summed E-state index contributed by atoms with van der Waals surface area (Å²) in [5.74, 6) is 0.711. The first-order valence-corrected chi connectivity index (χ1v) is 10.2. The van der Waals surface area contributed by atoms with E-state index >= 15 is 0 Å². The van der Waals surface area contributed by atoms with Gasteiger partial charge in [-0.3, -0.25) is 14.9 Å². The number of hydrogen-bond acceptors (Lipinski definition) is 3. The van der Waals surface area contributed by atoms with E-state index in [2.05, 4.69) is 45.5 Å². The summed E-state index contributed by atoms with van der Waals surface area (Å²) >= 11 is 0. The van der Waals surface area contributed by atoms with Gasteiger partial charge >= 0.3 is 0 Å². The second-order valence-corrected chi connectivity index (χ2v) is 8.06. The first kappa shape index (κ1) is 17.9. The molecule has 3 heterocycles. The average molecular weight is 384 g/mol. The molecule has 5 heteroatoms. The van der Waals surface area contributed by atoms with E-state index in [-0.39, 0.29) is 5.91 Å². The Kier molecular flexibility index (Phi) is 4.51. The Morgan fingerprint density at radius 3 is 2.83 bits per heavy atom. The van der Waals surface area contributed by atoms with Crippen LogP contribution in [-0.4, -0.2) is 39.1 Å². The van der Waals surface area contributed by atoms with Crippen LogP contribution >= 0.6 is 0 Å². The van der Waals surface area contributed by atoms with Gasteiger partial charge in [0.25, 0.3) is 5.91 Å². The fourth-order valence-corrected chi connectivity index (χ4v) is 4.39. The van der Waals surface area contributed by atoms with Gasteiger partial charge in [-0.15, -0.1) is 0 Å². The van der Waals surface area contributed by atoms with Gasteiger partial charge in [-0.2, -0.15) is 5.10 Å². The van der Waals surface area contributed by atoms with Crippen LogP contribution in [0.4, 0.5) is 0 Å². The van der Waals surface area contributed by atoms with Crippen molar-refractivity contribution < 1.29 is 4.79 Å². The largest absolute Gasteiger partial charge is 0.339 e. The molecule has 0 spiro atoms. The summed E-state index contributed by atoms with van der Waals surface area (Å²) in [6.07, 6.45) is 4.89. The number of hydrogen-bond donors (Lipinski definition) is 1. The summed E-state index contributed by atoms with van der Waals surface area (Å²) in [6.45, 7) is 3.64. The zero-order valence-electron chi connectivity index (χ0n) is 16.6. The van der Waals surface area contributed by atoms with Gasteiger partial charge in [0.05, 0.1) is 22.8 Å². The van der Waals surface area contributed by atoms with Crippen LogP contribution in [0.3, 0.4) is 0 Å². The lowest BCUT2D eigenvalue weighted by Gasteiger charge is -2.32. The van der Waals surface area contributed by atoms with Crippen LogP contribution in [-0.2, 0) is 6.42 Å². The lowest BCUT2D eigenvalue weighted by Crippen LogP contribution is -2.39. The van der Waals surface area contributed by atoms with E-state index in [1.807, 2.05) is 30.0 Å². The fourth-order valence-electron chi connectivity index (χ4n) is 4.39. The van der Waals surface area contributed by atoms with E-state index in [0.29, 0.717) is 5.92 Å². The second kappa shape index (κ2) is 7.32. The molecule has 0 saturated carbocycles. The number of aromatic amines is 1. The number of rotatable bonds is 3. The highest BCUT2D eigenvalue weighted by Crippen LogP contribution is 2.26. The summed E-state index contributed by atoms with van der Waals surface area (Å²) in [5, 5.41) is 9.22. The van der Waals surface area contributed by atoms with Crippen molar-refractivity contribution >= 4 is 27.7 Å². The number of aromatic nitrogens is 3. The van der Waals surface area contributed by atoms with Gasteiger partial charge in [-0.25, -0.2) is 0 Å². The molecule has 1 saturated heterocycles. The Morgan fingerprint density at radius 1 is 1.10 bits per heavy atom.